The van der Waals surface area contributed by atoms with Crippen LogP contribution in [0.15, 0.2) is 96.4 Å². The Morgan fingerprint density at radius 1 is 0.848 bits per heavy atom. The molecule has 8 heteroatoms. The number of nitrogens with one attached hydrogen (secondary N) is 1. The Morgan fingerprint density at radius 3 is 2.30 bits per heavy atom. The lowest BCUT2D eigenvalue weighted by atomic mass is 10.1. The van der Waals surface area contributed by atoms with Crippen LogP contribution in [0.3, 0.4) is 0 Å². The van der Waals surface area contributed by atoms with Gasteiger partial charge in [0.1, 0.15) is 5.78 Å². The minimum absolute atomic E-state index is 0. The predicted octanol–water partition coefficient (Wildman–Crippen LogP) is 3.59. The third kappa shape index (κ3) is 6.61. The summed E-state index contributed by atoms with van der Waals surface area (Å²) >= 11 is 0. The summed E-state index contributed by atoms with van der Waals surface area (Å²) in [6.45, 7) is 0. The van der Waals surface area contributed by atoms with Crippen LogP contribution in [0.1, 0.15) is 17.5 Å². The Labute approximate surface area is 194 Å². The lowest BCUT2D eigenvalue weighted by molar-refractivity contribution is -0.118. The van der Waals surface area contributed by atoms with Crippen LogP contribution in [-0.4, -0.2) is 30.4 Å². The summed E-state index contributed by atoms with van der Waals surface area (Å²) < 4.78 is 15.8. The highest BCUT2D eigenvalue weighted by Crippen LogP contribution is 2.26. The maximum atomic E-state index is 13.0. The Balaban J connectivity index is 0.00000306. The molecular weight excluding hydrogens is 436 g/mol. The van der Waals surface area contributed by atoms with Crippen molar-refractivity contribution in [3.63, 3.8) is 0 Å². The van der Waals surface area contributed by atoms with Crippen LogP contribution in [0.2, 0.25) is 0 Å². The molecule has 0 bridgehead atoms. The van der Waals surface area contributed by atoms with E-state index in [-0.39, 0.29) is 23.6 Å². The van der Waals surface area contributed by atoms with Gasteiger partial charge >= 0.3 is 0 Å². The van der Waals surface area contributed by atoms with Gasteiger partial charge in [-0.15, -0.1) is 0 Å². The summed E-state index contributed by atoms with van der Waals surface area (Å²) in [5, 5.41) is 0. The predicted molar refractivity (Wildman–Crippen MR) is 129 cm³/mol. The SMILES string of the molecule is O.O=C(CCc1cccnc1)Cc1cnc(NS(=O)c2ccccc2-c2ccccc2)nc1. The molecule has 4 aromatic rings. The third-order valence-electron chi connectivity index (χ3n) is 4.88. The molecule has 3 N–H and O–H groups in total. The molecule has 0 fully saturated rings. The summed E-state index contributed by atoms with van der Waals surface area (Å²) in [4.78, 5) is 25.5. The van der Waals surface area contributed by atoms with Crippen LogP contribution in [0, 0.1) is 0 Å². The number of rotatable bonds is 9. The standard InChI is InChI=1S/C25H22N4O2S.H2O/c30-22(13-12-19-7-6-14-26-16-19)15-20-17-27-25(28-18-20)29-32(31)24-11-5-4-10-23(24)21-8-2-1-3-9-21;/h1-11,14,16-18H,12-13,15H2,(H,27,28,29);1H2. The average molecular weight is 461 g/mol. The van der Waals surface area contributed by atoms with Crippen LogP contribution in [0.25, 0.3) is 11.1 Å². The van der Waals surface area contributed by atoms with Gasteiger partial charge in [0.25, 0.3) is 0 Å². The van der Waals surface area contributed by atoms with Gasteiger partial charge in [-0.2, -0.15) is 0 Å². The molecule has 2 aromatic heterocycles. The second-order valence-electron chi connectivity index (χ2n) is 7.22. The molecule has 0 spiro atoms. The van der Waals surface area contributed by atoms with Gasteiger partial charge < -0.3 is 5.48 Å². The molecule has 0 saturated heterocycles. The van der Waals surface area contributed by atoms with E-state index < -0.39 is 11.0 Å². The zero-order chi connectivity index (χ0) is 22.2. The smallest absolute Gasteiger partial charge is 0.234 e. The van der Waals surface area contributed by atoms with Crippen LogP contribution < -0.4 is 4.72 Å². The Bertz CT molecular complexity index is 1200. The topological polar surface area (TPSA) is 116 Å². The van der Waals surface area contributed by atoms with Crippen LogP contribution in [0.5, 0.6) is 0 Å². The number of anilines is 1. The first-order chi connectivity index (χ1) is 15.7. The van der Waals surface area contributed by atoms with E-state index >= 15 is 0 Å². The second kappa shape index (κ2) is 11.8. The van der Waals surface area contributed by atoms with E-state index in [2.05, 4.69) is 19.7 Å². The van der Waals surface area contributed by atoms with Gasteiger partial charge in [0.05, 0.1) is 4.90 Å². The first-order valence-corrected chi connectivity index (χ1v) is 11.4. The number of Topliss-reactive ketones (excluding diaryl/α,β-unsaturated/α-hetero) is 1. The van der Waals surface area contributed by atoms with Crippen molar-refractivity contribution in [1.29, 1.82) is 0 Å². The Hall–Kier alpha value is -3.75. The highest BCUT2D eigenvalue weighted by Gasteiger charge is 2.13. The van der Waals surface area contributed by atoms with E-state index in [4.69, 9.17) is 0 Å². The molecule has 2 heterocycles. The van der Waals surface area contributed by atoms with E-state index in [0.29, 0.717) is 17.7 Å². The summed E-state index contributed by atoms with van der Waals surface area (Å²) in [5.74, 6) is 0.358. The van der Waals surface area contributed by atoms with E-state index in [1.165, 1.54) is 0 Å². The number of ketones is 1. The quantitative estimate of drug-likeness (QED) is 0.410. The van der Waals surface area contributed by atoms with Crippen LogP contribution >= 0.6 is 0 Å². The monoisotopic (exact) mass is 460 g/mol. The highest BCUT2D eigenvalue weighted by atomic mass is 32.2. The van der Waals surface area contributed by atoms with Crippen molar-refractivity contribution in [3.8, 4) is 11.1 Å². The number of hydrogen-bond acceptors (Lipinski definition) is 5. The maximum absolute atomic E-state index is 13.0. The molecule has 1 unspecified atom stereocenters. The zero-order valence-electron chi connectivity index (χ0n) is 17.8. The zero-order valence-corrected chi connectivity index (χ0v) is 18.7. The highest BCUT2D eigenvalue weighted by molar-refractivity contribution is 7.86. The summed E-state index contributed by atoms with van der Waals surface area (Å²) in [6, 6.07) is 21.1. The fraction of sp³-hybridized carbons (Fsp3) is 0.120. The Kier molecular flexibility index (Phi) is 8.51. The molecule has 0 aliphatic carbocycles. The molecule has 2 aromatic carbocycles. The number of carbonyl (C=O) groups is 1. The number of carbonyl (C=O) groups excluding carboxylic acids is 1. The fourth-order valence-electron chi connectivity index (χ4n) is 3.27. The molecule has 4 rings (SSSR count). The molecule has 1 atom stereocenters. The first-order valence-electron chi connectivity index (χ1n) is 10.2. The molecule has 0 saturated carbocycles. The van der Waals surface area contributed by atoms with Gasteiger partial charge in [-0.05, 0) is 40.8 Å². The largest absolute Gasteiger partial charge is 0.412 e. The van der Waals surface area contributed by atoms with Gasteiger partial charge in [-0.3, -0.25) is 14.5 Å². The minimum Gasteiger partial charge on any atom is -0.412 e. The number of pyridine rings is 1. The molecule has 33 heavy (non-hydrogen) atoms. The number of hydrogen-bond donors (Lipinski definition) is 1. The summed E-state index contributed by atoms with van der Waals surface area (Å²) in [6.07, 6.45) is 8.03. The molecule has 0 aliphatic heterocycles. The lowest BCUT2D eigenvalue weighted by Gasteiger charge is -2.10. The van der Waals surface area contributed by atoms with Gasteiger partial charge in [-0.1, -0.05) is 54.6 Å². The normalized spacial score (nSPS) is 11.3. The van der Waals surface area contributed by atoms with Crippen molar-refractivity contribution in [2.45, 2.75) is 24.2 Å². The van der Waals surface area contributed by atoms with Crippen molar-refractivity contribution in [2.75, 3.05) is 4.72 Å². The second-order valence-corrected chi connectivity index (χ2v) is 8.41. The van der Waals surface area contributed by atoms with E-state index in [1.807, 2.05) is 66.7 Å². The number of aromatic nitrogens is 3. The Morgan fingerprint density at radius 2 is 1.58 bits per heavy atom. The number of nitrogens with zero attached hydrogens (tertiary/aromatic N) is 3. The van der Waals surface area contributed by atoms with Gasteiger partial charge in [0, 0.05) is 37.6 Å². The molecule has 7 nitrogen and oxygen atoms in total. The number of benzene rings is 2. The van der Waals surface area contributed by atoms with Crippen molar-refractivity contribution in [2.24, 2.45) is 0 Å². The van der Waals surface area contributed by atoms with Gasteiger partial charge in [0.2, 0.25) is 5.95 Å². The molecule has 0 amide bonds. The third-order valence-corrected chi connectivity index (χ3v) is 6.00. The molecule has 168 valence electrons. The van der Waals surface area contributed by atoms with E-state index in [9.17, 15) is 9.00 Å². The van der Waals surface area contributed by atoms with Crippen molar-refractivity contribution >= 4 is 22.7 Å². The molecule has 0 aliphatic rings. The minimum atomic E-state index is -1.54. The van der Waals surface area contributed by atoms with E-state index in [0.717, 1.165) is 22.3 Å². The average Bonchev–Trinajstić information content (AvgIpc) is 2.85. The summed E-state index contributed by atoms with van der Waals surface area (Å²) in [7, 11) is -1.54. The maximum Gasteiger partial charge on any atom is 0.234 e. The first kappa shape index (κ1) is 23.9. The van der Waals surface area contributed by atoms with Crippen molar-refractivity contribution < 1.29 is 14.5 Å². The van der Waals surface area contributed by atoms with Gasteiger partial charge in [0.15, 0.2) is 11.0 Å². The molecule has 0 radical (unpaired) electrons. The van der Waals surface area contributed by atoms with Gasteiger partial charge in [-0.25, -0.2) is 14.2 Å². The van der Waals surface area contributed by atoms with Crippen molar-refractivity contribution in [1.82, 2.24) is 15.0 Å². The summed E-state index contributed by atoms with van der Waals surface area (Å²) in [5.41, 5.74) is 3.63. The van der Waals surface area contributed by atoms with Crippen LogP contribution in [-0.2, 0) is 28.6 Å². The fourth-order valence-corrected chi connectivity index (χ4v) is 4.24. The van der Waals surface area contributed by atoms with E-state index in [1.54, 1.807) is 24.8 Å². The number of aryl methyl sites for hydroxylation is 1. The van der Waals surface area contributed by atoms with Crippen molar-refractivity contribution in [3.05, 3.63) is 103 Å². The van der Waals surface area contributed by atoms with Crippen LogP contribution in [0.4, 0.5) is 5.95 Å². The lowest BCUT2D eigenvalue weighted by Crippen LogP contribution is -2.10. The molecular formula is C25H24N4O3S.